The molecule has 0 spiro atoms. The van der Waals surface area contributed by atoms with E-state index in [9.17, 15) is 24.6 Å². The SMILES string of the molecule is CCOC(=O)c1sc(N2C(=O)C(=O)C(=C(O)c3ccc(OC)cc3C)C2c2ccc(O)cc2)nc1C. The normalized spacial score (nSPS) is 16.9. The molecular formula is C26H24N2O7S. The number of aliphatic hydroxyl groups is 1. The van der Waals surface area contributed by atoms with E-state index in [2.05, 4.69) is 4.98 Å². The molecular weight excluding hydrogens is 484 g/mol. The minimum Gasteiger partial charge on any atom is -0.508 e. The van der Waals surface area contributed by atoms with E-state index >= 15 is 0 Å². The third kappa shape index (κ3) is 4.31. The molecule has 1 aromatic heterocycles. The number of methoxy groups -OCH3 is 1. The summed E-state index contributed by atoms with van der Waals surface area (Å²) in [4.78, 5) is 44.8. The first-order chi connectivity index (χ1) is 17.2. The number of hydrogen-bond donors (Lipinski definition) is 2. The first-order valence-electron chi connectivity index (χ1n) is 11.1. The Morgan fingerprint density at radius 2 is 1.83 bits per heavy atom. The van der Waals surface area contributed by atoms with Crippen LogP contribution in [0.1, 0.15) is 45.0 Å². The van der Waals surface area contributed by atoms with E-state index < -0.39 is 23.7 Å². The number of ether oxygens (including phenoxy) is 2. The van der Waals surface area contributed by atoms with E-state index in [0.29, 0.717) is 28.1 Å². The minimum absolute atomic E-state index is 0.00334. The molecule has 2 heterocycles. The number of amides is 1. The number of carbonyl (C=O) groups is 3. The highest BCUT2D eigenvalue weighted by molar-refractivity contribution is 7.17. The average Bonchev–Trinajstić information content (AvgIpc) is 3.36. The number of hydrogen-bond acceptors (Lipinski definition) is 9. The van der Waals surface area contributed by atoms with Crippen molar-refractivity contribution in [3.05, 3.63) is 75.3 Å². The summed E-state index contributed by atoms with van der Waals surface area (Å²) in [5.74, 6) is -2.16. The standard InChI is InChI=1S/C26H24N2O7S/c1-5-35-25(33)23-14(3)27-26(36-23)28-20(15-6-8-16(29)9-7-15)19(22(31)24(28)32)21(30)18-11-10-17(34-4)12-13(18)2/h6-12,20,29-30H,5H2,1-4H3. The summed E-state index contributed by atoms with van der Waals surface area (Å²) in [6, 6.07) is 9.86. The van der Waals surface area contributed by atoms with Crippen LogP contribution in [0.15, 0.2) is 48.0 Å². The van der Waals surface area contributed by atoms with Crippen molar-refractivity contribution in [2.24, 2.45) is 0 Å². The lowest BCUT2D eigenvalue weighted by molar-refractivity contribution is -0.132. The molecule has 1 saturated heterocycles. The predicted molar refractivity (Wildman–Crippen MR) is 133 cm³/mol. The van der Waals surface area contributed by atoms with Gasteiger partial charge in [-0.2, -0.15) is 0 Å². The monoisotopic (exact) mass is 508 g/mol. The molecule has 0 saturated carbocycles. The molecule has 9 nitrogen and oxygen atoms in total. The first-order valence-corrected chi connectivity index (χ1v) is 11.9. The van der Waals surface area contributed by atoms with Crippen molar-refractivity contribution < 1.29 is 34.1 Å². The Morgan fingerprint density at radius 1 is 1.14 bits per heavy atom. The summed E-state index contributed by atoms with van der Waals surface area (Å²) in [7, 11) is 1.52. The number of phenolic OH excluding ortho intramolecular Hbond substituents is 1. The number of benzene rings is 2. The first kappa shape index (κ1) is 24.9. The number of aryl methyl sites for hydroxylation is 2. The fourth-order valence-corrected chi connectivity index (χ4v) is 5.03. The Labute approximate surface area is 211 Å². The molecule has 1 atom stereocenters. The molecule has 36 heavy (non-hydrogen) atoms. The highest BCUT2D eigenvalue weighted by Crippen LogP contribution is 2.44. The number of aliphatic hydroxyl groups excluding tert-OH is 1. The van der Waals surface area contributed by atoms with Crippen LogP contribution in [0.2, 0.25) is 0 Å². The molecule has 0 aliphatic carbocycles. The molecule has 0 bridgehead atoms. The number of nitrogens with zero attached hydrogens (tertiary/aromatic N) is 2. The van der Waals surface area contributed by atoms with Gasteiger partial charge < -0.3 is 19.7 Å². The molecule has 1 aliphatic rings. The molecule has 186 valence electrons. The van der Waals surface area contributed by atoms with Gasteiger partial charge in [-0.1, -0.05) is 23.5 Å². The Bertz CT molecular complexity index is 1390. The largest absolute Gasteiger partial charge is 0.508 e. The number of anilines is 1. The van der Waals surface area contributed by atoms with Gasteiger partial charge in [-0.05, 0) is 62.2 Å². The van der Waals surface area contributed by atoms with Crippen LogP contribution in [-0.2, 0) is 14.3 Å². The topological polar surface area (TPSA) is 126 Å². The van der Waals surface area contributed by atoms with Crippen LogP contribution in [-0.4, -0.2) is 46.6 Å². The van der Waals surface area contributed by atoms with Crippen molar-refractivity contribution in [1.82, 2.24) is 4.98 Å². The van der Waals surface area contributed by atoms with E-state index in [1.54, 1.807) is 51.1 Å². The van der Waals surface area contributed by atoms with Crippen molar-refractivity contribution >= 4 is 39.9 Å². The van der Waals surface area contributed by atoms with Gasteiger partial charge >= 0.3 is 11.9 Å². The fraction of sp³-hybridized carbons (Fsp3) is 0.231. The number of aromatic nitrogens is 1. The number of Topliss-reactive ketones (excluding diaryl/α,β-unsaturated/α-hetero) is 1. The number of esters is 1. The van der Waals surface area contributed by atoms with Crippen molar-refractivity contribution in [2.45, 2.75) is 26.8 Å². The van der Waals surface area contributed by atoms with Gasteiger partial charge in [0.15, 0.2) is 5.13 Å². The van der Waals surface area contributed by atoms with Crippen LogP contribution in [0.25, 0.3) is 5.76 Å². The maximum atomic E-state index is 13.3. The summed E-state index contributed by atoms with van der Waals surface area (Å²) in [6.45, 7) is 5.21. The second kappa shape index (κ2) is 9.82. The van der Waals surface area contributed by atoms with Gasteiger partial charge in [-0.25, -0.2) is 9.78 Å². The van der Waals surface area contributed by atoms with Gasteiger partial charge in [0.25, 0.3) is 5.78 Å². The Morgan fingerprint density at radius 3 is 2.44 bits per heavy atom. The number of carbonyl (C=O) groups excluding carboxylic acids is 3. The van der Waals surface area contributed by atoms with Gasteiger partial charge in [0.1, 0.15) is 22.1 Å². The molecule has 2 N–H and O–H groups in total. The van der Waals surface area contributed by atoms with Crippen LogP contribution in [0.3, 0.4) is 0 Å². The van der Waals surface area contributed by atoms with E-state index in [1.807, 2.05) is 0 Å². The molecule has 1 fully saturated rings. The van der Waals surface area contributed by atoms with Crippen LogP contribution in [0, 0.1) is 13.8 Å². The summed E-state index contributed by atoms with van der Waals surface area (Å²) in [5.41, 5.74) is 1.68. The van der Waals surface area contributed by atoms with Gasteiger partial charge in [0.05, 0.1) is 31.0 Å². The maximum absolute atomic E-state index is 13.3. The molecule has 10 heteroatoms. The number of phenols is 1. The Kier molecular flexibility index (Phi) is 6.80. The quantitative estimate of drug-likeness (QED) is 0.219. The van der Waals surface area contributed by atoms with E-state index in [0.717, 1.165) is 11.3 Å². The van der Waals surface area contributed by atoms with Crippen LogP contribution in [0.5, 0.6) is 11.5 Å². The van der Waals surface area contributed by atoms with Crippen LogP contribution >= 0.6 is 11.3 Å². The lowest BCUT2D eigenvalue weighted by atomic mass is 9.94. The number of ketones is 1. The number of rotatable bonds is 6. The summed E-state index contributed by atoms with van der Waals surface area (Å²) >= 11 is 0.927. The molecule has 1 aliphatic heterocycles. The molecule has 1 unspecified atom stereocenters. The van der Waals surface area contributed by atoms with Crippen molar-refractivity contribution in [1.29, 1.82) is 0 Å². The minimum atomic E-state index is -1.05. The molecule has 1 amide bonds. The predicted octanol–water partition coefficient (Wildman–Crippen LogP) is 4.28. The summed E-state index contributed by atoms with van der Waals surface area (Å²) < 4.78 is 10.3. The van der Waals surface area contributed by atoms with Crippen LogP contribution < -0.4 is 9.64 Å². The lowest BCUT2D eigenvalue weighted by Gasteiger charge is -2.23. The second-order valence-electron chi connectivity index (χ2n) is 8.07. The van der Waals surface area contributed by atoms with Crippen molar-refractivity contribution in [3.63, 3.8) is 0 Å². The van der Waals surface area contributed by atoms with Gasteiger partial charge in [0.2, 0.25) is 0 Å². The zero-order valence-electron chi connectivity index (χ0n) is 20.1. The van der Waals surface area contributed by atoms with Crippen molar-refractivity contribution in [2.75, 3.05) is 18.6 Å². The number of aromatic hydroxyl groups is 1. The van der Waals surface area contributed by atoms with Gasteiger partial charge in [0, 0.05) is 5.56 Å². The van der Waals surface area contributed by atoms with E-state index in [4.69, 9.17) is 9.47 Å². The molecule has 3 aromatic rings. The van der Waals surface area contributed by atoms with Gasteiger partial charge in [-0.15, -0.1) is 0 Å². The van der Waals surface area contributed by atoms with Gasteiger partial charge in [-0.3, -0.25) is 14.5 Å². The Hall–Kier alpha value is -4.18. The maximum Gasteiger partial charge on any atom is 0.350 e. The molecule has 4 rings (SSSR count). The second-order valence-corrected chi connectivity index (χ2v) is 9.05. The zero-order valence-corrected chi connectivity index (χ0v) is 20.9. The Balaban J connectivity index is 1.92. The van der Waals surface area contributed by atoms with E-state index in [-0.39, 0.29) is 33.7 Å². The summed E-state index contributed by atoms with van der Waals surface area (Å²) in [6.07, 6.45) is 0. The average molecular weight is 509 g/mol. The number of thiazole rings is 1. The van der Waals surface area contributed by atoms with Crippen LogP contribution in [0.4, 0.5) is 5.13 Å². The zero-order chi connectivity index (χ0) is 26.1. The third-order valence-electron chi connectivity index (χ3n) is 5.79. The highest BCUT2D eigenvalue weighted by Gasteiger charge is 2.48. The lowest BCUT2D eigenvalue weighted by Crippen LogP contribution is -2.29. The smallest absolute Gasteiger partial charge is 0.350 e. The highest BCUT2D eigenvalue weighted by atomic mass is 32.1. The summed E-state index contributed by atoms with van der Waals surface area (Å²) in [5, 5.41) is 21.2. The molecule has 2 aromatic carbocycles. The fourth-order valence-electron chi connectivity index (χ4n) is 4.05. The third-order valence-corrected chi connectivity index (χ3v) is 6.93. The van der Waals surface area contributed by atoms with Crippen molar-refractivity contribution in [3.8, 4) is 11.5 Å². The molecule has 0 radical (unpaired) electrons. The van der Waals surface area contributed by atoms with E-state index in [1.165, 1.54) is 24.1 Å².